The van der Waals surface area contributed by atoms with Crippen LogP contribution in [0.5, 0.6) is 0 Å². The van der Waals surface area contributed by atoms with Gasteiger partial charge in [0.05, 0.1) is 24.5 Å². The van der Waals surface area contributed by atoms with Crippen molar-refractivity contribution in [1.82, 2.24) is 0 Å². The molecule has 1 heterocycles. The van der Waals surface area contributed by atoms with E-state index in [4.69, 9.17) is 0 Å². The molecule has 0 aromatic heterocycles. The molecule has 4 nitrogen and oxygen atoms in total. The number of hydrogen-bond donors (Lipinski definition) is 1. The van der Waals surface area contributed by atoms with Gasteiger partial charge >= 0.3 is 0 Å². The van der Waals surface area contributed by atoms with Crippen molar-refractivity contribution in [3.63, 3.8) is 0 Å². The van der Waals surface area contributed by atoms with Crippen LogP contribution in [0.3, 0.4) is 0 Å². The van der Waals surface area contributed by atoms with Gasteiger partial charge in [0.2, 0.25) is 0 Å². The van der Waals surface area contributed by atoms with Gasteiger partial charge in [0.25, 0.3) is 5.91 Å². The van der Waals surface area contributed by atoms with Crippen molar-refractivity contribution in [2.75, 3.05) is 18.6 Å². The Hall–Kier alpha value is -1.98. The normalized spacial score (nSPS) is 20.1. The van der Waals surface area contributed by atoms with Crippen molar-refractivity contribution in [3.05, 3.63) is 58.6 Å². The lowest BCUT2D eigenvalue weighted by Gasteiger charge is -2.31. The fourth-order valence-corrected chi connectivity index (χ4v) is 4.41. The standard InChI is InChI=1S/C22H24BrN3O/c1-25(18-7-3-2-4-8-18)15-26-20-10-6-5-9-19(20)21(22(26)27)24-17-13-11-16(23)12-14-17/h5-6,9-14,18H,2-4,7-8,15H2,1H3/p+1. The van der Waals surface area contributed by atoms with Crippen LogP contribution in [0.25, 0.3) is 0 Å². The molecule has 1 unspecified atom stereocenters. The molecule has 1 amide bonds. The Kier molecular flexibility index (Phi) is 5.41. The molecule has 1 atom stereocenters. The highest BCUT2D eigenvalue weighted by Gasteiger charge is 2.36. The quantitative estimate of drug-likeness (QED) is 0.794. The summed E-state index contributed by atoms with van der Waals surface area (Å²) in [6.07, 6.45) is 6.48. The molecule has 5 heteroatoms. The van der Waals surface area contributed by atoms with Crippen molar-refractivity contribution in [2.24, 2.45) is 4.99 Å². The molecule has 0 bridgehead atoms. The van der Waals surface area contributed by atoms with E-state index < -0.39 is 0 Å². The Morgan fingerprint density at radius 1 is 1.07 bits per heavy atom. The van der Waals surface area contributed by atoms with Crippen LogP contribution in [0.15, 0.2) is 58.0 Å². The number of anilines is 1. The molecule has 4 rings (SSSR count). The smallest absolute Gasteiger partial charge is 0.281 e. The van der Waals surface area contributed by atoms with Gasteiger partial charge in [0.1, 0.15) is 5.71 Å². The van der Waals surface area contributed by atoms with E-state index in [0.29, 0.717) is 18.4 Å². The Bertz CT molecular complexity index is 856. The second-order valence-electron chi connectivity index (χ2n) is 7.53. The fraction of sp³-hybridized carbons (Fsp3) is 0.364. The van der Waals surface area contributed by atoms with Gasteiger partial charge in [-0.3, -0.25) is 9.69 Å². The lowest BCUT2D eigenvalue weighted by molar-refractivity contribution is -0.906. The third-order valence-corrected chi connectivity index (χ3v) is 6.20. The van der Waals surface area contributed by atoms with Gasteiger partial charge in [-0.15, -0.1) is 0 Å². The molecule has 0 spiro atoms. The monoisotopic (exact) mass is 426 g/mol. The number of carbonyl (C=O) groups excluding carboxylic acids is 1. The average Bonchev–Trinajstić information content (AvgIpc) is 2.96. The zero-order chi connectivity index (χ0) is 18.8. The van der Waals surface area contributed by atoms with Gasteiger partial charge in [-0.2, -0.15) is 0 Å². The van der Waals surface area contributed by atoms with Crippen LogP contribution in [-0.2, 0) is 4.79 Å². The molecule has 1 aliphatic carbocycles. The van der Waals surface area contributed by atoms with Crippen LogP contribution in [-0.4, -0.2) is 31.4 Å². The van der Waals surface area contributed by atoms with E-state index in [2.05, 4.69) is 28.0 Å². The molecule has 0 saturated heterocycles. The first kappa shape index (κ1) is 18.4. The number of carbonyl (C=O) groups is 1. The summed E-state index contributed by atoms with van der Waals surface area (Å²) < 4.78 is 1.00. The van der Waals surface area contributed by atoms with Crippen LogP contribution in [0.1, 0.15) is 37.7 Å². The van der Waals surface area contributed by atoms with Crippen molar-refractivity contribution in [3.8, 4) is 0 Å². The summed E-state index contributed by atoms with van der Waals surface area (Å²) in [6, 6.07) is 16.4. The number of amides is 1. The molecule has 140 valence electrons. The summed E-state index contributed by atoms with van der Waals surface area (Å²) in [4.78, 5) is 21.2. The zero-order valence-electron chi connectivity index (χ0n) is 15.6. The van der Waals surface area contributed by atoms with E-state index in [9.17, 15) is 4.79 Å². The molecule has 2 aromatic carbocycles. The minimum Gasteiger partial charge on any atom is -0.317 e. The molecule has 1 aliphatic heterocycles. The van der Waals surface area contributed by atoms with E-state index in [-0.39, 0.29) is 5.91 Å². The summed E-state index contributed by atoms with van der Waals surface area (Å²) in [5.41, 5.74) is 3.26. The summed E-state index contributed by atoms with van der Waals surface area (Å²) >= 11 is 3.44. The predicted molar refractivity (Wildman–Crippen MR) is 113 cm³/mol. The minimum atomic E-state index is 0.00859. The second-order valence-corrected chi connectivity index (χ2v) is 8.44. The molecule has 0 radical (unpaired) electrons. The van der Waals surface area contributed by atoms with Crippen LogP contribution < -0.4 is 9.80 Å². The van der Waals surface area contributed by atoms with Gasteiger partial charge in [0.15, 0.2) is 6.67 Å². The topological polar surface area (TPSA) is 37.1 Å². The number of nitrogens with zero attached hydrogens (tertiary/aromatic N) is 2. The summed E-state index contributed by atoms with van der Waals surface area (Å²) in [5, 5.41) is 0. The number of nitrogens with one attached hydrogen (secondary N) is 1. The van der Waals surface area contributed by atoms with E-state index in [0.717, 1.165) is 21.4 Å². The number of hydrogen-bond acceptors (Lipinski definition) is 2. The molecule has 2 aliphatic rings. The maximum Gasteiger partial charge on any atom is 0.281 e. The lowest BCUT2D eigenvalue weighted by atomic mass is 9.95. The van der Waals surface area contributed by atoms with Crippen LogP contribution in [0.2, 0.25) is 0 Å². The summed E-state index contributed by atoms with van der Waals surface area (Å²) in [6.45, 7) is 0.694. The van der Waals surface area contributed by atoms with Crippen LogP contribution in [0, 0.1) is 0 Å². The average molecular weight is 427 g/mol. The van der Waals surface area contributed by atoms with E-state index in [1.807, 2.05) is 53.4 Å². The zero-order valence-corrected chi connectivity index (χ0v) is 17.2. The largest absolute Gasteiger partial charge is 0.317 e. The Morgan fingerprint density at radius 2 is 1.78 bits per heavy atom. The molecule has 1 N–H and O–H groups in total. The number of para-hydroxylation sites is 1. The Balaban J connectivity index is 1.62. The number of quaternary nitrogens is 1. The Labute approximate surface area is 169 Å². The Morgan fingerprint density at radius 3 is 2.52 bits per heavy atom. The molecule has 1 fully saturated rings. The number of halogens is 1. The molecule has 1 saturated carbocycles. The minimum absolute atomic E-state index is 0.00859. The van der Waals surface area contributed by atoms with Gasteiger partial charge < -0.3 is 4.90 Å². The van der Waals surface area contributed by atoms with Gasteiger partial charge in [-0.05, 0) is 56.0 Å². The van der Waals surface area contributed by atoms with Crippen molar-refractivity contribution in [1.29, 1.82) is 0 Å². The molecule has 2 aromatic rings. The number of aliphatic imine (C=N–C) groups is 1. The first-order chi connectivity index (χ1) is 13.1. The van der Waals surface area contributed by atoms with E-state index in [1.165, 1.54) is 37.0 Å². The maximum absolute atomic E-state index is 13.2. The van der Waals surface area contributed by atoms with Gasteiger partial charge in [-0.25, -0.2) is 4.99 Å². The van der Waals surface area contributed by atoms with Crippen LogP contribution >= 0.6 is 15.9 Å². The first-order valence-corrected chi connectivity index (χ1v) is 10.5. The maximum atomic E-state index is 13.2. The highest BCUT2D eigenvalue weighted by atomic mass is 79.9. The number of benzene rings is 2. The lowest BCUT2D eigenvalue weighted by Crippen LogP contribution is -3.14. The second kappa shape index (κ2) is 7.95. The number of fused-ring (bicyclic) bond motifs is 1. The first-order valence-electron chi connectivity index (χ1n) is 9.71. The van der Waals surface area contributed by atoms with Crippen molar-refractivity contribution in [2.45, 2.75) is 38.1 Å². The van der Waals surface area contributed by atoms with E-state index >= 15 is 0 Å². The van der Waals surface area contributed by atoms with Crippen molar-refractivity contribution >= 4 is 38.9 Å². The van der Waals surface area contributed by atoms with Gasteiger partial charge in [0, 0.05) is 10.0 Å². The van der Waals surface area contributed by atoms with E-state index in [1.54, 1.807) is 0 Å². The van der Waals surface area contributed by atoms with Crippen LogP contribution in [0.4, 0.5) is 11.4 Å². The van der Waals surface area contributed by atoms with Gasteiger partial charge in [-0.1, -0.05) is 40.5 Å². The summed E-state index contributed by atoms with van der Waals surface area (Å²) in [5.74, 6) is 0.00859. The number of rotatable bonds is 4. The SMILES string of the molecule is C[NH+](CN1C(=O)C(=Nc2ccc(Br)cc2)c2ccccc21)C1CCCCC1. The highest BCUT2D eigenvalue weighted by Crippen LogP contribution is 2.30. The predicted octanol–water partition coefficient (Wildman–Crippen LogP) is 3.72. The third-order valence-electron chi connectivity index (χ3n) is 5.67. The third kappa shape index (κ3) is 3.85. The van der Waals surface area contributed by atoms with Crippen molar-refractivity contribution < 1.29 is 9.69 Å². The fourth-order valence-electron chi connectivity index (χ4n) is 4.15. The molecular formula is C22H25BrN3O+. The molecular weight excluding hydrogens is 402 g/mol. The highest BCUT2D eigenvalue weighted by molar-refractivity contribution is 9.10. The molecule has 27 heavy (non-hydrogen) atoms. The summed E-state index contributed by atoms with van der Waals surface area (Å²) in [7, 11) is 2.22.